The SMILES string of the molecule is CCC(C)C1CCC(n2cc(C)c(O)cc2=O)O1. The van der Waals surface area contributed by atoms with Gasteiger partial charge in [0.25, 0.3) is 5.56 Å². The van der Waals surface area contributed by atoms with E-state index < -0.39 is 0 Å². The van der Waals surface area contributed by atoms with Crippen molar-refractivity contribution >= 4 is 0 Å². The van der Waals surface area contributed by atoms with Crippen LogP contribution in [0.1, 0.15) is 44.9 Å². The van der Waals surface area contributed by atoms with Crippen LogP contribution in [0.25, 0.3) is 0 Å². The summed E-state index contributed by atoms with van der Waals surface area (Å²) in [5.41, 5.74) is 0.498. The van der Waals surface area contributed by atoms with Crippen LogP contribution in [-0.2, 0) is 4.74 Å². The maximum absolute atomic E-state index is 11.8. The van der Waals surface area contributed by atoms with Crippen molar-refractivity contribution in [1.82, 2.24) is 4.57 Å². The predicted molar refractivity (Wildman–Crippen MR) is 69.7 cm³/mol. The molecule has 0 aromatic carbocycles. The lowest BCUT2D eigenvalue weighted by Crippen LogP contribution is -2.25. The van der Waals surface area contributed by atoms with Crippen LogP contribution in [0.3, 0.4) is 0 Å². The van der Waals surface area contributed by atoms with Gasteiger partial charge in [0.1, 0.15) is 12.0 Å². The maximum Gasteiger partial charge on any atom is 0.256 e. The minimum Gasteiger partial charge on any atom is -0.507 e. The molecule has 1 aliphatic heterocycles. The zero-order valence-electron chi connectivity index (χ0n) is 11.2. The molecule has 3 unspecified atom stereocenters. The zero-order chi connectivity index (χ0) is 13.3. The first kappa shape index (κ1) is 13.1. The Kier molecular flexibility index (Phi) is 3.76. The summed E-state index contributed by atoms with van der Waals surface area (Å²) in [4.78, 5) is 11.8. The molecule has 0 amide bonds. The molecular formula is C14H21NO3. The molecule has 2 heterocycles. The molecule has 18 heavy (non-hydrogen) atoms. The Morgan fingerprint density at radius 1 is 1.56 bits per heavy atom. The minimum atomic E-state index is -0.201. The molecule has 0 radical (unpaired) electrons. The maximum atomic E-state index is 11.8. The van der Waals surface area contributed by atoms with E-state index in [0.717, 1.165) is 19.3 Å². The molecule has 100 valence electrons. The van der Waals surface area contributed by atoms with Crippen LogP contribution in [0.2, 0.25) is 0 Å². The largest absolute Gasteiger partial charge is 0.507 e. The number of aromatic hydroxyl groups is 1. The number of aryl methyl sites for hydroxylation is 1. The van der Waals surface area contributed by atoms with Crippen molar-refractivity contribution in [2.45, 2.75) is 52.4 Å². The quantitative estimate of drug-likeness (QED) is 0.898. The van der Waals surface area contributed by atoms with E-state index in [4.69, 9.17) is 4.74 Å². The van der Waals surface area contributed by atoms with Gasteiger partial charge in [0.15, 0.2) is 0 Å². The highest BCUT2D eigenvalue weighted by Crippen LogP contribution is 2.32. The molecule has 2 rings (SSSR count). The minimum absolute atomic E-state index is 0.0488. The van der Waals surface area contributed by atoms with E-state index >= 15 is 0 Å². The Labute approximate surface area is 107 Å². The number of rotatable bonds is 3. The summed E-state index contributed by atoms with van der Waals surface area (Å²) in [6, 6.07) is 1.26. The van der Waals surface area contributed by atoms with E-state index in [1.54, 1.807) is 17.7 Å². The highest BCUT2D eigenvalue weighted by Gasteiger charge is 2.30. The van der Waals surface area contributed by atoms with Crippen LogP contribution < -0.4 is 5.56 Å². The number of nitrogens with zero attached hydrogens (tertiary/aromatic N) is 1. The van der Waals surface area contributed by atoms with Gasteiger partial charge >= 0.3 is 0 Å². The number of pyridine rings is 1. The molecular weight excluding hydrogens is 230 g/mol. The Morgan fingerprint density at radius 3 is 2.94 bits per heavy atom. The summed E-state index contributed by atoms with van der Waals surface area (Å²) < 4.78 is 7.55. The molecule has 4 heteroatoms. The molecule has 1 aromatic heterocycles. The molecule has 0 spiro atoms. The topological polar surface area (TPSA) is 51.5 Å². The van der Waals surface area contributed by atoms with Crippen molar-refractivity contribution in [3.63, 3.8) is 0 Å². The second-order valence-corrected chi connectivity index (χ2v) is 5.18. The summed E-state index contributed by atoms with van der Waals surface area (Å²) in [5, 5.41) is 9.49. The van der Waals surface area contributed by atoms with E-state index in [0.29, 0.717) is 11.5 Å². The lowest BCUT2D eigenvalue weighted by Gasteiger charge is -2.20. The number of hydrogen-bond acceptors (Lipinski definition) is 3. The smallest absolute Gasteiger partial charge is 0.256 e. The van der Waals surface area contributed by atoms with Crippen LogP contribution in [-0.4, -0.2) is 15.8 Å². The number of hydrogen-bond donors (Lipinski definition) is 1. The first-order chi connectivity index (χ1) is 8.52. The van der Waals surface area contributed by atoms with Crippen molar-refractivity contribution in [2.75, 3.05) is 0 Å². The number of aromatic nitrogens is 1. The van der Waals surface area contributed by atoms with Gasteiger partial charge in [-0.25, -0.2) is 0 Å². The Morgan fingerprint density at radius 2 is 2.28 bits per heavy atom. The van der Waals surface area contributed by atoms with Crippen molar-refractivity contribution in [3.05, 3.63) is 28.2 Å². The lowest BCUT2D eigenvalue weighted by molar-refractivity contribution is -0.0243. The average molecular weight is 251 g/mol. The first-order valence-corrected chi connectivity index (χ1v) is 6.60. The molecule has 1 aliphatic rings. The second kappa shape index (κ2) is 5.14. The van der Waals surface area contributed by atoms with E-state index in [1.165, 1.54) is 6.07 Å². The third-order valence-corrected chi connectivity index (χ3v) is 3.87. The van der Waals surface area contributed by atoms with Crippen LogP contribution in [0, 0.1) is 12.8 Å². The van der Waals surface area contributed by atoms with Gasteiger partial charge in [0.2, 0.25) is 0 Å². The van der Waals surface area contributed by atoms with Crippen LogP contribution >= 0.6 is 0 Å². The van der Waals surface area contributed by atoms with Gasteiger partial charge in [0, 0.05) is 17.8 Å². The standard InChI is InChI=1S/C14H21NO3/c1-4-9(2)12-5-6-14(18-12)15-8-10(3)11(16)7-13(15)17/h7-9,12,14,16H,4-6H2,1-3H3. The molecule has 3 atom stereocenters. The van der Waals surface area contributed by atoms with Crippen molar-refractivity contribution in [1.29, 1.82) is 0 Å². The molecule has 1 N–H and O–H groups in total. The third-order valence-electron chi connectivity index (χ3n) is 3.87. The average Bonchev–Trinajstić information content (AvgIpc) is 2.82. The van der Waals surface area contributed by atoms with Gasteiger partial charge in [-0.1, -0.05) is 20.3 Å². The molecule has 0 aliphatic carbocycles. The summed E-state index contributed by atoms with van der Waals surface area (Å²) in [6.45, 7) is 6.11. The van der Waals surface area contributed by atoms with Gasteiger partial charge in [-0.2, -0.15) is 0 Å². The molecule has 0 saturated carbocycles. The van der Waals surface area contributed by atoms with E-state index in [2.05, 4.69) is 13.8 Å². The van der Waals surface area contributed by atoms with Gasteiger partial charge in [0.05, 0.1) is 6.10 Å². The third kappa shape index (κ3) is 2.43. The fourth-order valence-electron chi connectivity index (χ4n) is 2.40. The van der Waals surface area contributed by atoms with E-state index in [-0.39, 0.29) is 23.6 Å². The van der Waals surface area contributed by atoms with Crippen LogP contribution in [0.15, 0.2) is 17.1 Å². The summed E-state index contributed by atoms with van der Waals surface area (Å²) >= 11 is 0. The highest BCUT2D eigenvalue weighted by atomic mass is 16.5. The fraction of sp³-hybridized carbons (Fsp3) is 0.643. The van der Waals surface area contributed by atoms with Gasteiger partial charge in [-0.05, 0) is 25.7 Å². The number of ether oxygens (including phenoxy) is 1. The highest BCUT2D eigenvalue weighted by molar-refractivity contribution is 5.27. The summed E-state index contributed by atoms with van der Waals surface area (Å²) in [7, 11) is 0. The molecule has 4 nitrogen and oxygen atoms in total. The lowest BCUT2D eigenvalue weighted by atomic mass is 10.00. The second-order valence-electron chi connectivity index (χ2n) is 5.18. The van der Waals surface area contributed by atoms with E-state index in [9.17, 15) is 9.90 Å². The Bertz CT molecular complexity index is 480. The van der Waals surface area contributed by atoms with Crippen molar-refractivity contribution in [2.24, 2.45) is 5.92 Å². The van der Waals surface area contributed by atoms with Gasteiger partial charge < -0.3 is 9.84 Å². The fourth-order valence-corrected chi connectivity index (χ4v) is 2.40. The van der Waals surface area contributed by atoms with Crippen LogP contribution in [0.5, 0.6) is 5.75 Å². The Balaban J connectivity index is 2.19. The molecule has 0 bridgehead atoms. The zero-order valence-corrected chi connectivity index (χ0v) is 11.2. The summed E-state index contributed by atoms with van der Waals surface area (Å²) in [5.74, 6) is 0.566. The van der Waals surface area contributed by atoms with Gasteiger partial charge in [-0.3, -0.25) is 9.36 Å². The normalized spacial score (nSPS) is 25.3. The Hall–Kier alpha value is -1.29. The molecule has 1 aromatic rings. The van der Waals surface area contributed by atoms with Gasteiger partial charge in [-0.15, -0.1) is 0 Å². The first-order valence-electron chi connectivity index (χ1n) is 6.60. The van der Waals surface area contributed by atoms with E-state index in [1.807, 2.05) is 0 Å². The van der Waals surface area contributed by atoms with Crippen LogP contribution in [0.4, 0.5) is 0 Å². The summed E-state index contributed by atoms with van der Waals surface area (Å²) in [6.07, 6.45) is 4.67. The van der Waals surface area contributed by atoms with Crippen molar-refractivity contribution in [3.8, 4) is 5.75 Å². The monoisotopic (exact) mass is 251 g/mol. The molecule has 1 fully saturated rings. The molecule has 1 saturated heterocycles. The van der Waals surface area contributed by atoms with Crippen molar-refractivity contribution < 1.29 is 9.84 Å². The predicted octanol–water partition coefficient (Wildman–Crippen LogP) is 2.59.